The predicted octanol–water partition coefficient (Wildman–Crippen LogP) is 3.38. The molecule has 0 fully saturated rings. The van der Waals surface area contributed by atoms with Crippen LogP contribution in [0.5, 0.6) is 0 Å². The van der Waals surface area contributed by atoms with Gasteiger partial charge in [0, 0.05) is 31.0 Å². The molecule has 2 aromatic heterocycles. The van der Waals surface area contributed by atoms with Crippen molar-refractivity contribution in [1.82, 2.24) is 4.98 Å². The number of hydrogen-bond donors (Lipinski definition) is 0. The molecule has 0 unspecified atom stereocenters. The van der Waals surface area contributed by atoms with Gasteiger partial charge in [-0.25, -0.2) is 13.4 Å². The molecule has 0 bridgehead atoms. The molecule has 0 N–H and O–H groups in total. The Hall–Kier alpha value is -2.60. The second-order valence-electron chi connectivity index (χ2n) is 5.67. The van der Waals surface area contributed by atoms with Crippen LogP contribution in [0.4, 0.5) is 5.82 Å². The molecule has 0 atom stereocenters. The third kappa shape index (κ3) is 3.65. The van der Waals surface area contributed by atoms with E-state index in [1.807, 2.05) is 36.2 Å². The van der Waals surface area contributed by atoms with Gasteiger partial charge in [0.1, 0.15) is 5.82 Å². The van der Waals surface area contributed by atoms with E-state index in [-0.39, 0.29) is 0 Å². The molecule has 3 rings (SSSR count). The summed E-state index contributed by atoms with van der Waals surface area (Å²) in [4.78, 5) is 6.99. The molecule has 0 radical (unpaired) electrons. The Bertz CT molecular complexity index is 917. The number of furan rings is 1. The Morgan fingerprint density at radius 2 is 1.83 bits per heavy atom. The molecule has 0 spiro atoms. The van der Waals surface area contributed by atoms with Crippen LogP contribution in [0.3, 0.4) is 0 Å². The van der Waals surface area contributed by atoms with Crippen molar-refractivity contribution >= 4 is 15.7 Å². The van der Waals surface area contributed by atoms with Gasteiger partial charge in [-0.15, -0.1) is 0 Å². The SMILES string of the molecule is CN(Cc1ccoc1)c1cccc(-c2ccc(S(C)(=O)=O)cc2)n1. The molecule has 0 saturated heterocycles. The maximum atomic E-state index is 11.5. The third-order valence-corrected chi connectivity index (χ3v) is 4.83. The van der Waals surface area contributed by atoms with Gasteiger partial charge in [0.05, 0.1) is 23.1 Å². The van der Waals surface area contributed by atoms with Crippen molar-refractivity contribution < 1.29 is 12.8 Å². The van der Waals surface area contributed by atoms with Gasteiger partial charge in [-0.05, 0) is 30.3 Å². The zero-order valence-corrected chi connectivity index (χ0v) is 14.3. The molecule has 0 saturated carbocycles. The predicted molar refractivity (Wildman–Crippen MR) is 93.6 cm³/mol. The Labute approximate surface area is 141 Å². The van der Waals surface area contributed by atoms with Crippen molar-refractivity contribution in [3.8, 4) is 11.3 Å². The number of hydrogen-bond acceptors (Lipinski definition) is 5. The molecule has 0 amide bonds. The van der Waals surface area contributed by atoms with Gasteiger partial charge < -0.3 is 9.32 Å². The van der Waals surface area contributed by atoms with Crippen LogP contribution in [-0.4, -0.2) is 26.7 Å². The first-order chi connectivity index (χ1) is 11.4. The summed E-state index contributed by atoms with van der Waals surface area (Å²) in [6.45, 7) is 0.694. The van der Waals surface area contributed by atoms with Gasteiger partial charge in [0.25, 0.3) is 0 Å². The lowest BCUT2D eigenvalue weighted by molar-refractivity contribution is 0.563. The minimum Gasteiger partial charge on any atom is -0.472 e. The molecule has 5 nitrogen and oxygen atoms in total. The van der Waals surface area contributed by atoms with Crippen LogP contribution in [0, 0.1) is 0 Å². The van der Waals surface area contributed by atoms with Crippen LogP contribution in [0.1, 0.15) is 5.56 Å². The van der Waals surface area contributed by atoms with Gasteiger partial charge in [0.2, 0.25) is 0 Å². The summed E-state index contributed by atoms with van der Waals surface area (Å²) in [5.41, 5.74) is 2.75. The van der Waals surface area contributed by atoms with Crippen molar-refractivity contribution in [2.24, 2.45) is 0 Å². The Morgan fingerprint density at radius 3 is 2.46 bits per heavy atom. The normalized spacial score (nSPS) is 11.4. The summed E-state index contributed by atoms with van der Waals surface area (Å²) in [6.07, 6.45) is 4.56. The van der Waals surface area contributed by atoms with E-state index >= 15 is 0 Å². The van der Waals surface area contributed by atoms with Crippen molar-refractivity contribution in [2.45, 2.75) is 11.4 Å². The fourth-order valence-electron chi connectivity index (χ4n) is 2.41. The summed E-state index contributed by atoms with van der Waals surface area (Å²) in [6, 6.07) is 14.5. The lowest BCUT2D eigenvalue weighted by atomic mass is 10.1. The number of pyridine rings is 1. The topological polar surface area (TPSA) is 63.4 Å². The lowest BCUT2D eigenvalue weighted by Crippen LogP contribution is -2.17. The number of benzene rings is 1. The average molecular weight is 342 g/mol. The van der Waals surface area contributed by atoms with Crippen molar-refractivity contribution in [3.63, 3.8) is 0 Å². The zero-order valence-electron chi connectivity index (χ0n) is 13.5. The van der Waals surface area contributed by atoms with Crippen LogP contribution in [0.15, 0.2) is 70.4 Å². The fraction of sp³-hybridized carbons (Fsp3) is 0.167. The van der Waals surface area contributed by atoms with Gasteiger partial charge >= 0.3 is 0 Å². The number of rotatable bonds is 5. The van der Waals surface area contributed by atoms with E-state index in [4.69, 9.17) is 4.42 Å². The van der Waals surface area contributed by atoms with E-state index in [9.17, 15) is 8.42 Å². The standard InChI is InChI=1S/C18H18N2O3S/c1-20(12-14-10-11-23-13-14)18-5-3-4-17(19-18)15-6-8-16(9-7-15)24(2,21)22/h3-11,13H,12H2,1-2H3. The van der Waals surface area contributed by atoms with Crippen molar-refractivity contribution in [1.29, 1.82) is 0 Å². The fourth-order valence-corrected chi connectivity index (χ4v) is 3.04. The minimum atomic E-state index is -3.19. The molecular formula is C18H18N2O3S. The Balaban J connectivity index is 1.85. The largest absolute Gasteiger partial charge is 0.472 e. The lowest BCUT2D eigenvalue weighted by Gasteiger charge is -2.18. The van der Waals surface area contributed by atoms with Gasteiger partial charge in [-0.3, -0.25) is 0 Å². The number of nitrogens with zero attached hydrogens (tertiary/aromatic N) is 2. The molecular weight excluding hydrogens is 324 g/mol. The molecule has 0 aliphatic rings. The summed E-state index contributed by atoms with van der Waals surface area (Å²) >= 11 is 0. The molecule has 1 aromatic carbocycles. The summed E-state index contributed by atoms with van der Waals surface area (Å²) in [7, 11) is -1.23. The van der Waals surface area contributed by atoms with Crippen LogP contribution in [0.2, 0.25) is 0 Å². The quantitative estimate of drug-likeness (QED) is 0.711. The number of sulfone groups is 1. The van der Waals surface area contributed by atoms with Crippen molar-refractivity contribution in [3.05, 3.63) is 66.6 Å². The first-order valence-electron chi connectivity index (χ1n) is 7.43. The molecule has 0 aliphatic heterocycles. The van der Waals surface area contributed by atoms with Crippen molar-refractivity contribution in [2.75, 3.05) is 18.2 Å². The molecule has 2 heterocycles. The van der Waals surface area contributed by atoms with E-state index in [0.29, 0.717) is 11.4 Å². The van der Waals surface area contributed by atoms with E-state index in [1.165, 1.54) is 6.26 Å². The highest BCUT2D eigenvalue weighted by Crippen LogP contribution is 2.22. The molecule has 0 aliphatic carbocycles. The van der Waals surface area contributed by atoms with Crippen LogP contribution < -0.4 is 4.90 Å². The summed E-state index contributed by atoms with van der Waals surface area (Å²) < 4.78 is 28.2. The second kappa shape index (κ2) is 6.49. The van der Waals surface area contributed by atoms with E-state index in [0.717, 1.165) is 22.6 Å². The molecule has 124 valence electrons. The monoisotopic (exact) mass is 342 g/mol. The molecule has 3 aromatic rings. The molecule has 6 heteroatoms. The highest BCUT2D eigenvalue weighted by molar-refractivity contribution is 7.90. The van der Waals surface area contributed by atoms with E-state index < -0.39 is 9.84 Å². The first kappa shape index (κ1) is 16.3. The Kier molecular flexibility index (Phi) is 4.40. The average Bonchev–Trinajstić information content (AvgIpc) is 3.07. The summed E-state index contributed by atoms with van der Waals surface area (Å²) in [5.74, 6) is 0.834. The smallest absolute Gasteiger partial charge is 0.175 e. The van der Waals surface area contributed by atoms with Gasteiger partial charge in [0.15, 0.2) is 9.84 Å². The molecule has 24 heavy (non-hydrogen) atoms. The van der Waals surface area contributed by atoms with Crippen LogP contribution >= 0.6 is 0 Å². The van der Waals surface area contributed by atoms with E-state index in [2.05, 4.69) is 4.98 Å². The Morgan fingerprint density at radius 1 is 1.08 bits per heavy atom. The third-order valence-electron chi connectivity index (χ3n) is 3.70. The number of anilines is 1. The maximum Gasteiger partial charge on any atom is 0.175 e. The van der Waals surface area contributed by atoms with Gasteiger partial charge in [-0.2, -0.15) is 0 Å². The van der Waals surface area contributed by atoms with Gasteiger partial charge in [-0.1, -0.05) is 18.2 Å². The zero-order chi connectivity index (χ0) is 17.2. The maximum absolute atomic E-state index is 11.5. The highest BCUT2D eigenvalue weighted by Gasteiger charge is 2.09. The second-order valence-corrected chi connectivity index (χ2v) is 7.68. The van der Waals surface area contributed by atoms with Crippen LogP contribution in [0.25, 0.3) is 11.3 Å². The highest BCUT2D eigenvalue weighted by atomic mass is 32.2. The van der Waals surface area contributed by atoms with Crippen LogP contribution in [-0.2, 0) is 16.4 Å². The number of aromatic nitrogens is 1. The first-order valence-corrected chi connectivity index (χ1v) is 9.32. The van der Waals surface area contributed by atoms with E-state index in [1.54, 1.807) is 36.8 Å². The minimum absolute atomic E-state index is 0.305. The summed E-state index contributed by atoms with van der Waals surface area (Å²) in [5, 5.41) is 0.